The summed E-state index contributed by atoms with van der Waals surface area (Å²) >= 11 is 1.62. The predicted molar refractivity (Wildman–Crippen MR) is 120 cm³/mol. The Morgan fingerprint density at radius 1 is 1.25 bits per heavy atom. The Morgan fingerprint density at radius 3 is 2.62 bits per heavy atom. The normalized spacial score (nSPS) is 56.8. The Labute approximate surface area is 193 Å². The van der Waals surface area contributed by atoms with Crippen molar-refractivity contribution in [3.8, 4) is 0 Å². The second-order valence-corrected chi connectivity index (χ2v) is 12.5. The fraction of sp³-hybridized carbons (Fsp3) is 0.880. The van der Waals surface area contributed by atoms with Crippen LogP contribution in [0.5, 0.6) is 0 Å². The van der Waals surface area contributed by atoms with Crippen LogP contribution >= 0.6 is 11.8 Å². The molecule has 0 bridgehead atoms. The molecular weight excluding hydrogens is 434 g/mol. The standard InChI is InChI=1S/C25H36F2O4S/c1-6-8-22(3)30-20-12-15-16-11-18(26)17-10-14(28)7-9-21(17,2)25(16,27)19(29)13-24(15,32-5)23(20,4)31-22/h10,15-16,18-20,29H,6-9,11-13H2,1-5H3/t15?,16?,18-,19-,20+,21-,22+,23+,24+,25-/m0/s1. The summed E-state index contributed by atoms with van der Waals surface area (Å²) in [5.74, 6) is -1.68. The zero-order chi connectivity index (χ0) is 23.3. The van der Waals surface area contributed by atoms with Gasteiger partial charge < -0.3 is 14.6 Å². The number of hydrogen-bond donors (Lipinski definition) is 1. The molecule has 4 aliphatic carbocycles. The van der Waals surface area contributed by atoms with Gasteiger partial charge in [-0.15, -0.1) is 0 Å². The van der Waals surface area contributed by atoms with Crippen LogP contribution in [0.15, 0.2) is 11.6 Å². The molecule has 0 aromatic rings. The van der Waals surface area contributed by atoms with E-state index in [9.17, 15) is 9.90 Å². The first kappa shape index (κ1) is 23.3. The molecule has 0 aromatic heterocycles. The lowest BCUT2D eigenvalue weighted by molar-refractivity contribution is -0.227. The summed E-state index contributed by atoms with van der Waals surface area (Å²) in [6.45, 7) is 7.84. The minimum atomic E-state index is -1.98. The fourth-order valence-corrected chi connectivity index (χ4v) is 9.89. The summed E-state index contributed by atoms with van der Waals surface area (Å²) in [5, 5.41) is 11.5. The van der Waals surface area contributed by atoms with Gasteiger partial charge in [0.05, 0.1) is 17.0 Å². The van der Waals surface area contributed by atoms with E-state index in [1.165, 1.54) is 6.08 Å². The SMILES string of the molecule is CCC[C@]1(C)O[C@@H]2CC3C4C[C@H](F)C5=CC(=O)CC[C@]5(C)[C@@]4(F)[C@@H](O)C[C@]3(SC)[C@]2(C)O1. The number of ketones is 1. The average Bonchev–Trinajstić information content (AvgIpc) is 3.10. The summed E-state index contributed by atoms with van der Waals surface area (Å²) in [7, 11) is 0. The van der Waals surface area contributed by atoms with Crippen molar-refractivity contribution in [1.29, 1.82) is 0 Å². The van der Waals surface area contributed by atoms with Crippen LogP contribution in [0.2, 0.25) is 0 Å². The molecule has 0 aromatic carbocycles. The third-order valence-corrected chi connectivity index (χ3v) is 11.5. The summed E-state index contributed by atoms with van der Waals surface area (Å²) in [5.41, 5.74) is -3.59. The van der Waals surface area contributed by atoms with Crippen LogP contribution in [0.4, 0.5) is 8.78 Å². The zero-order valence-corrected chi connectivity index (χ0v) is 20.6. The van der Waals surface area contributed by atoms with Gasteiger partial charge in [0.2, 0.25) is 0 Å². The molecule has 32 heavy (non-hydrogen) atoms. The summed E-state index contributed by atoms with van der Waals surface area (Å²) in [4.78, 5) is 12.1. The van der Waals surface area contributed by atoms with Gasteiger partial charge in [-0.05, 0) is 63.4 Å². The Morgan fingerprint density at radius 2 is 1.97 bits per heavy atom. The Hall–Kier alpha value is -0.500. The van der Waals surface area contributed by atoms with E-state index in [0.29, 0.717) is 6.42 Å². The zero-order valence-electron chi connectivity index (χ0n) is 19.7. The van der Waals surface area contributed by atoms with Gasteiger partial charge in [-0.3, -0.25) is 4.79 Å². The van der Waals surface area contributed by atoms with E-state index in [4.69, 9.17) is 9.47 Å². The molecule has 2 unspecified atom stereocenters. The molecule has 180 valence electrons. The van der Waals surface area contributed by atoms with E-state index >= 15 is 8.78 Å². The largest absolute Gasteiger partial charge is 0.390 e. The summed E-state index contributed by atoms with van der Waals surface area (Å²) in [6, 6.07) is 0. The monoisotopic (exact) mass is 470 g/mol. The number of ether oxygens (including phenoxy) is 2. The van der Waals surface area contributed by atoms with E-state index in [2.05, 4.69) is 13.8 Å². The number of alkyl halides is 2. The molecule has 1 saturated heterocycles. The van der Waals surface area contributed by atoms with Crippen molar-refractivity contribution < 1.29 is 28.2 Å². The van der Waals surface area contributed by atoms with Crippen molar-refractivity contribution >= 4 is 17.5 Å². The molecular formula is C25H36F2O4S. The van der Waals surface area contributed by atoms with Gasteiger partial charge in [0, 0.05) is 24.2 Å². The van der Waals surface area contributed by atoms with Crippen LogP contribution in [0.3, 0.4) is 0 Å². The molecule has 7 heteroatoms. The predicted octanol–water partition coefficient (Wildman–Crippen LogP) is 4.93. The Kier molecular flexibility index (Phi) is 5.10. The van der Waals surface area contributed by atoms with E-state index < -0.39 is 45.4 Å². The molecule has 4 nitrogen and oxygen atoms in total. The molecule has 1 heterocycles. The lowest BCUT2D eigenvalue weighted by Crippen LogP contribution is -2.72. The lowest BCUT2D eigenvalue weighted by Gasteiger charge is -2.64. The summed E-state index contributed by atoms with van der Waals surface area (Å²) < 4.78 is 45.4. The fourth-order valence-electron chi connectivity index (χ4n) is 8.43. The number of hydrogen-bond acceptors (Lipinski definition) is 5. The Balaban J connectivity index is 1.60. The molecule has 4 fully saturated rings. The molecule has 5 aliphatic rings. The molecule has 10 atom stereocenters. The average molecular weight is 471 g/mol. The van der Waals surface area contributed by atoms with Gasteiger partial charge in [-0.25, -0.2) is 8.78 Å². The van der Waals surface area contributed by atoms with Crippen molar-refractivity contribution in [2.24, 2.45) is 17.3 Å². The van der Waals surface area contributed by atoms with Crippen LogP contribution in [0.1, 0.15) is 72.6 Å². The van der Waals surface area contributed by atoms with Crippen molar-refractivity contribution in [3.05, 3.63) is 11.6 Å². The number of carbonyl (C=O) groups is 1. The highest BCUT2D eigenvalue weighted by Gasteiger charge is 2.79. The van der Waals surface area contributed by atoms with Crippen molar-refractivity contribution in [1.82, 2.24) is 0 Å². The van der Waals surface area contributed by atoms with E-state index in [1.807, 2.05) is 13.2 Å². The smallest absolute Gasteiger partial charge is 0.166 e. The van der Waals surface area contributed by atoms with Gasteiger partial charge in [-0.2, -0.15) is 11.8 Å². The van der Waals surface area contributed by atoms with Crippen LogP contribution in [-0.4, -0.2) is 57.3 Å². The minimum Gasteiger partial charge on any atom is -0.390 e. The number of thioether (sulfide) groups is 1. The number of fused-ring (bicyclic) bond motifs is 7. The number of aliphatic hydroxyl groups excluding tert-OH is 1. The molecule has 0 amide bonds. The molecule has 5 rings (SSSR count). The molecule has 0 radical (unpaired) electrons. The quantitative estimate of drug-likeness (QED) is 0.634. The van der Waals surface area contributed by atoms with E-state index in [0.717, 1.165) is 12.8 Å². The molecule has 0 spiro atoms. The number of rotatable bonds is 3. The third-order valence-electron chi connectivity index (χ3n) is 9.89. The van der Waals surface area contributed by atoms with Crippen LogP contribution < -0.4 is 0 Å². The number of carbonyl (C=O) groups excluding carboxylic acids is 1. The van der Waals surface area contributed by atoms with Crippen molar-refractivity contribution in [2.75, 3.05) is 6.26 Å². The molecule has 3 saturated carbocycles. The van der Waals surface area contributed by atoms with Crippen LogP contribution in [-0.2, 0) is 14.3 Å². The second kappa shape index (κ2) is 7.02. The lowest BCUT2D eigenvalue weighted by atomic mass is 9.46. The first-order chi connectivity index (χ1) is 14.9. The Bertz CT molecular complexity index is 867. The summed E-state index contributed by atoms with van der Waals surface area (Å²) in [6.07, 6.45) is 3.41. The molecule has 1 N–H and O–H groups in total. The van der Waals surface area contributed by atoms with Crippen molar-refractivity contribution in [3.63, 3.8) is 0 Å². The first-order valence-electron chi connectivity index (χ1n) is 12.1. The first-order valence-corrected chi connectivity index (χ1v) is 13.3. The number of aliphatic hydroxyl groups is 1. The highest BCUT2D eigenvalue weighted by atomic mass is 32.2. The highest BCUT2D eigenvalue weighted by molar-refractivity contribution is 8.00. The van der Waals surface area contributed by atoms with Gasteiger partial charge in [0.1, 0.15) is 17.4 Å². The highest BCUT2D eigenvalue weighted by Crippen LogP contribution is 2.72. The number of allylic oxidation sites excluding steroid dienone is 1. The van der Waals surface area contributed by atoms with Gasteiger partial charge in [0.15, 0.2) is 11.6 Å². The van der Waals surface area contributed by atoms with Crippen LogP contribution in [0.25, 0.3) is 0 Å². The second-order valence-electron chi connectivity index (χ2n) is 11.3. The van der Waals surface area contributed by atoms with E-state index in [-0.39, 0.29) is 49.1 Å². The number of halogens is 2. The molecule has 1 aliphatic heterocycles. The van der Waals surface area contributed by atoms with Crippen LogP contribution in [0, 0.1) is 17.3 Å². The maximum absolute atomic E-state index is 17.3. The van der Waals surface area contributed by atoms with Crippen molar-refractivity contribution in [2.45, 2.75) is 113 Å². The van der Waals surface area contributed by atoms with Gasteiger partial charge in [0.25, 0.3) is 0 Å². The third kappa shape index (κ3) is 2.57. The van der Waals surface area contributed by atoms with Gasteiger partial charge >= 0.3 is 0 Å². The minimum absolute atomic E-state index is 0.00965. The van der Waals surface area contributed by atoms with Gasteiger partial charge in [-0.1, -0.05) is 20.3 Å². The maximum atomic E-state index is 17.3. The van der Waals surface area contributed by atoms with E-state index in [1.54, 1.807) is 18.7 Å². The topological polar surface area (TPSA) is 55.8 Å². The maximum Gasteiger partial charge on any atom is 0.166 e.